The largest absolute Gasteiger partial charge is 0.394 e. The van der Waals surface area contributed by atoms with Crippen molar-refractivity contribution in [2.24, 2.45) is 0 Å². The summed E-state index contributed by atoms with van der Waals surface area (Å²) in [5, 5.41) is 31.9. The summed E-state index contributed by atoms with van der Waals surface area (Å²) in [6, 6.07) is 4.05. The van der Waals surface area contributed by atoms with Crippen LogP contribution in [0.2, 0.25) is 0 Å². The summed E-state index contributed by atoms with van der Waals surface area (Å²) >= 11 is 10.7. The van der Waals surface area contributed by atoms with Gasteiger partial charge in [0.05, 0.1) is 17.6 Å². The second-order valence-electron chi connectivity index (χ2n) is 4.79. The Hall–Kier alpha value is -1.74. The van der Waals surface area contributed by atoms with E-state index < -0.39 is 34.4 Å². The van der Waals surface area contributed by atoms with Crippen LogP contribution >= 0.6 is 23.2 Å². The van der Waals surface area contributed by atoms with Gasteiger partial charge in [0.2, 0.25) is 0 Å². The number of nitro benzene ring substituents is 1. The normalized spacial score (nSPS) is 12.6. The van der Waals surface area contributed by atoms with Gasteiger partial charge in [-0.25, -0.2) is 0 Å². The lowest BCUT2D eigenvalue weighted by atomic mass is 10.0. The van der Waals surface area contributed by atoms with Gasteiger partial charge in [-0.15, -0.1) is 0 Å². The molecule has 3 N–H and O–H groups in total. The van der Waals surface area contributed by atoms with Crippen LogP contribution in [0.25, 0.3) is 0 Å². The second kappa shape index (κ2) is 12.6. The van der Waals surface area contributed by atoms with Crippen LogP contribution in [-0.4, -0.2) is 44.8 Å². The molecule has 2 atom stereocenters. The quantitative estimate of drug-likeness (QED) is 0.350. The molecule has 0 aliphatic carbocycles. The number of nitrogens with zero attached hydrogens (tertiary/aromatic N) is 1. The molecular formula is C15H19Cl2N2O6. The molecule has 1 rings (SSSR count). The third-order valence-corrected chi connectivity index (χ3v) is 3.30. The first-order valence-electron chi connectivity index (χ1n) is 7.25. The molecule has 0 unspecified atom stereocenters. The summed E-state index contributed by atoms with van der Waals surface area (Å²) in [6.07, 6.45) is 2.02. The van der Waals surface area contributed by atoms with E-state index in [0.717, 1.165) is 6.42 Å². The molecule has 0 saturated carbocycles. The molecule has 0 fully saturated rings. The van der Waals surface area contributed by atoms with E-state index in [4.69, 9.17) is 28.3 Å². The van der Waals surface area contributed by atoms with Crippen LogP contribution in [0.5, 0.6) is 0 Å². The molecule has 0 saturated heterocycles. The number of carbonyl (C=O) groups is 1. The van der Waals surface area contributed by atoms with Gasteiger partial charge in [-0.05, 0) is 24.1 Å². The molecule has 0 aromatic heterocycles. The second-order valence-corrected chi connectivity index (χ2v) is 5.88. The summed E-state index contributed by atoms with van der Waals surface area (Å²) in [5.74, 6) is -0.756. The minimum Gasteiger partial charge on any atom is -0.394 e. The molecule has 25 heavy (non-hydrogen) atoms. The lowest BCUT2D eigenvalue weighted by Gasteiger charge is -2.22. The molecule has 0 heterocycles. The molecule has 8 nitrogen and oxygen atoms in total. The lowest BCUT2D eigenvalue weighted by molar-refractivity contribution is -0.384. The number of benzene rings is 1. The third kappa shape index (κ3) is 8.78. The first kappa shape index (κ1) is 23.3. The Labute approximate surface area is 154 Å². The average Bonchev–Trinajstić information content (AvgIpc) is 2.60. The average molecular weight is 394 g/mol. The number of hydrogen-bond acceptors (Lipinski definition) is 6. The van der Waals surface area contributed by atoms with Crippen molar-refractivity contribution in [3.05, 3.63) is 39.9 Å². The van der Waals surface area contributed by atoms with Crippen molar-refractivity contribution in [1.82, 2.24) is 5.32 Å². The zero-order valence-corrected chi connectivity index (χ0v) is 14.9. The van der Waals surface area contributed by atoms with Gasteiger partial charge in [-0.2, -0.15) is 0 Å². The molecule has 1 radical (unpaired) electrons. The van der Waals surface area contributed by atoms with Crippen LogP contribution in [0.15, 0.2) is 24.3 Å². The molecule has 1 aromatic carbocycles. The standard InChI is InChI=1S/C11H12Cl2N2O5.C4H7O/c12-10(13)11(18)14-8(5-16)9(17)6-1-3-7(4-2-6)15(19)20;1-2-3-4-5/h1-4,8-10,16-17H,5H2,(H,14,18);2-3H2,1H3/t8-,9-;/m1./s1. The Morgan fingerprint density at radius 2 is 1.92 bits per heavy atom. The predicted molar refractivity (Wildman–Crippen MR) is 93.2 cm³/mol. The van der Waals surface area contributed by atoms with Gasteiger partial charge in [0.25, 0.3) is 11.6 Å². The number of unbranched alkanes of at least 4 members (excludes halogenated alkanes) is 1. The first-order chi connectivity index (χ1) is 11.8. The van der Waals surface area contributed by atoms with E-state index in [2.05, 4.69) is 5.32 Å². The Bertz CT molecular complexity index is 553. The Morgan fingerprint density at radius 3 is 2.24 bits per heavy atom. The zero-order chi connectivity index (χ0) is 19.4. The Balaban J connectivity index is 0.00000101. The fourth-order valence-corrected chi connectivity index (χ4v) is 1.72. The number of rotatable bonds is 8. The number of aliphatic hydroxyl groups excluding tert-OH is 2. The van der Waals surface area contributed by atoms with Crippen LogP contribution in [0.3, 0.4) is 0 Å². The SMILES string of the molecule is CCC[C]=O.O=C(N[C@H](CO)[C@H](O)c1ccc([N+](=O)[O-])cc1)C(Cl)Cl. The molecule has 10 heteroatoms. The number of halogens is 2. The summed E-state index contributed by atoms with van der Waals surface area (Å²) in [7, 11) is 0. The number of hydrogen-bond donors (Lipinski definition) is 3. The highest BCUT2D eigenvalue weighted by Crippen LogP contribution is 2.20. The smallest absolute Gasteiger partial charge is 0.269 e. The van der Waals surface area contributed by atoms with Gasteiger partial charge in [0.1, 0.15) is 6.10 Å². The van der Waals surface area contributed by atoms with Gasteiger partial charge in [0.15, 0.2) is 11.1 Å². The number of carbonyl (C=O) groups excluding carboxylic acids is 2. The predicted octanol–water partition coefficient (Wildman–Crippen LogP) is 1.81. The monoisotopic (exact) mass is 393 g/mol. The van der Waals surface area contributed by atoms with E-state index >= 15 is 0 Å². The van der Waals surface area contributed by atoms with Gasteiger partial charge in [-0.3, -0.25) is 19.7 Å². The van der Waals surface area contributed by atoms with Crippen LogP contribution in [-0.2, 0) is 9.59 Å². The summed E-state index contributed by atoms with van der Waals surface area (Å²) in [5.41, 5.74) is 0.169. The summed E-state index contributed by atoms with van der Waals surface area (Å²) < 4.78 is 0. The first-order valence-corrected chi connectivity index (χ1v) is 8.12. The minimum absolute atomic E-state index is 0.132. The fourth-order valence-electron chi connectivity index (χ4n) is 1.60. The maximum absolute atomic E-state index is 11.3. The van der Waals surface area contributed by atoms with E-state index in [1.807, 2.05) is 6.92 Å². The van der Waals surface area contributed by atoms with Gasteiger partial charge < -0.3 is 15.5 Å². The number of non-ortho nitro benzene ring substituents is 1. The van der Waals surface area contributed by atoms with Crippen molar-refractivity contribution in [2.75, 3.05) is 6.61 Å². The highest BCUT2D eigenvalue weighted by atomic mass is 35.5. The fraction of sp³-hybridized carbons (Fsp3) is 0.467. The number of amides is 1. The van der Waals surface area contributed by atoms with Crippen LogP contribution in [0.4, 0.5) is 5.69 Å². The van der Waals surface area contributed by atoms with Crippen molar-refractivity contribution in [3.8, 4) is 0 Å². The van der Waals surface area contributed by atoms with Gasteiger partial charge >= 0.3 is 0 Å². The molecule has 0 aliphatic heterocycles. The maximum Gasteiger partial charge on any atom is 0.269 e. The molecule has 0 spiro atoms. The third-order valence-electron chi connectivity index (χ3n) is 2.90. The van der Waals surface area contributed by atoms with Crippen LogP contribution in [0.1, 0.15) is 31.4 Å². The van der Waals surface area contributed by atoms with Gasteiger partial charge in [0, 0.05) is 18.6 Å². The number of nitro groups is 1. The van der Waals surface area contributed by atoms with Crippen LogP contribution < -0.4 is 5.32 Å². The van der Waals surface area contributed by atoms with Crippen molar-refractivity contribution < 1.29 is 24.7 Å². The van der Waals surface area contributed by atoms with E-state index in [1.165, 1.54) is 24.3 Å². The Kier molecular flexibility index (Phi) is 11.7. The minimum atomic E-state index is -1.33. The molecule has 1 aromatic rings. The highest BCUT2D eigenvalue weighted by molar-refractivity contribution is 6.53. The number of alkyl halides is 2. The zero-order valence-electron chi connectivity index (χ0n) is 13.4. The van der Waals surface area contributed by atoms with Crippen molar-refractivity contribution in [3.63, 3.8) is 0 Å². The van der Waals surface area contributed by atoms with E-state index in [1.54, 1.807) is 6.29 Å². The summed E-state index contributed by atoms with van der Waals surface area (Å²) in [6.45, 7) is 1.40. The van der Waals surface area contributed by atoms with Crippen LogP contribution in [0, 0.1) is 10.1 Å². The molecule has 0 bridgehead atoms. The van der Waals surface area contributed by atoms with E-state index in [-0.39, 0.29) is 5.69 Å². The van der Waals surface area contributed by atoms with Crippen molar-refractivity contribution in [1.29, 1.82) is 0 Å². The van der Waals surface area contributed by atoms with E-state index in [0.29, 0.717) is 12.0 Å². The maximum atomic E-state index is 11.3. The molecular weight excluding hydrogens is 375 g/mol. The Morgan fingerprint density at radius 1 is 1.36 bits per heavy atom. The topological polar surface area (TPSA) is 130 Å². The lowest BCUT2D eigenvalue weighted by Crippen LogP contribution is -2.44. The van der Waals surface area contributed by atoms with Crippen molar-refractivity contribution >= 4 is 41.1 Å². The van der Waals surface area contributed by atoms with Crippen molar-refractivity contribution in [2.45, 2.75) is 36.7 Å². The highest BCUT2D eigenvalue weighted by Gasteiger charge is 2.24. The molecule has 0 aliphatic rings. The molecule has 139 valence electrons. The summed E-state index contributed by atoms with van der Waals surface area (Å²) in [4.78, 5) is 29.2. The number of nitrogens with one attached hydrogen (secondary N) is 1. The molecule has 1 amide bonds. The van der Waals surface area contributed by atoms with Gasteiger partial charge in [-0.1, -0.05) is 30.1 Å². The number of aliphatic hydroxyl groups is 2. The van der Waals surface area contributed by atoms with E-state index in [9.17, 15) is 24.8 Å².